The van der Waals surface area contributed by atoms with Crippen molar-refractivity contribution in [2.24, 2.45) is 0 Å². The van der Waals surface area contributed by atoms with E-state index in [1.165, 1.54) is 12.8 Å². The molecule has 0 aromatic heterocycles. The minimum Gasteiger partial charge on any atom is -0.390 e. The first kappa shape index (κ1) is 11.2. The van der Waals surface area contributed by atoms with E-state index < -0.39 is 0 Å². The quantitative estimate of drug-likeness (QED) is 0.685. The van der Waals surface area contributed by atoms with Crippen LogP contribution in [0.4, 0.5) is 0 Å². The van der Waals surface area contributed by atoms with Crippen molar-refractivity contribution >= 4 is 12.4 Å². The van der Waals surface area contributed by atoms with Crippen LogP contribution in [0.3, 0.4) is 0 Å². The van der Waals surface area contributed by atoms with Crippen molar-refractivity contribution in [1.29, 1.82) is 0 Å². The first-order valence-electron chi connectivity index (χ1n) is 4.14. The zero-order valence-electron chi connectivity index (χ0n) is 7.10. The van der Waals surface area contributed by atoms with Crippen LogP contribution in [0.15, 0.2) is 0 Å². The number of nitrogens with one attached hydrogen (secondary N) is 1. The maximum Gasteiger partial charge on any atom is 0.0659 e. The molecular formula is C8H18ClNO. The Morgan fingerprint density at radius 2 is 1.91 bits per heavy atom. The van der Waals surface area contributed by atoms with Crippen molar-refractivity contribution in [1.82, 2.24) is 5.32 Å². The van der Waals surface area contributed by atoms with E-state index in [1.807, 2.05) is 7.05 Å². The molecule has 1 saturated carbocycles. The van der Waals surface area contributed by atoms with Gasteiger partial charge in [0.2, 0.25) is 0 Å². The molecule has 3 heteroatoms. The molecule has 0 atom stereocenters. The van der Waals surface area contributed by atoms with Gasteiger partial charge >= 0.3 is 0 Å². The van der Waals surface area contributed by atoms with E-state index in [2.05, 4.69) is 5.32 Å². The predicted octanol–water partition coefficient (Wildman–Crippen LogP) is 1.32. The van der Waals surface area contributed by atoms with Crippen molar-refractivity contribution in [2.45, 2.75) is 37.7 Å². The van der Waals surface area contributed by atoms with Crippen molar-refractivity contribution in [3.05, 3.63) is 0 Å². The summed E-state index contributed by atoms with van der Waals surface area (Å²) in [6.07, 6.45) is 5.35. The van der Waals surface area contributed by atoms with Gasteiger partial charge in [-0.15, -0.1) is 12.4 Å². The molecule has 0 radical (unpaired) electrons. The summed E-state index contributed by atoms with van der Waals surface area (Å²) in [5.74, 6) is 0. The lowest BCUT2D eigenvalue weighted by molar-refractivity contribution is 0.0396. The van der Waals surface area contributed by atoms with Crippen LogP contribution in [-0.4, -0.2) is 24.3 Å². The van der Waals surface area contributed by atoms with Crippen LogP contribution in [0.5, 0.6) is 0 Å². The topological polar surface area (TPSA) is 32.3 Å². The van der Waals surface area contributed by atoms with E-state index in [4.69, 9.17) is 0 Å². The second kappa shape index (κ2) is 4.96. The fourth-order valence-electron chi connectivity index (χ4n) is 1.64. The van der Waals surface area contributed by atoms with Gasteiger partial charge < -0.3 is 10.4 Å². The standard InChI is InChI=1S/C8H17NO.ClH/c1-9-7-6-8(10)4-2-3-5-8;/h9-10H,2-7H2,1H3;1H. The summed E-state index contributed by atoms with van der Waals surface area (Å²) in [5.41, 5.74) is -0.316. The lowest BCUT2D eigenvalue weighted by Gasteiger charge is -2.21. The normalized spacial score (nSPS) is 21.3. The summed E-state index contributed by atoms with van der Waals surface area (Å²) in [6, 6.07) is 0. The highest BCUT2D eigenvalue weighted by molar-refractivity contribution is 5.85. The van der Waals surface area contributed by atoms with Gasteiger partial charge in [0.1, 0.15) is 0 Å². The highest BCUT2D eigenvalue weighted by Crippen LogP contribution is 2.31. The van der Waals surface area contributed by atoms with Crippen LogP contribution < -0.4 is 5.32 Å². The predicted molar refractivity (Wildman–Crippen MR) is 49.2 cm³/mol. The first-order valence-corrected chi connectivity index (χ1v) is 4.14. The van der Waals surface area contributed by atoms with Crippen LogP contribution in [0.2, 0.25) is 0 Å². The Bertz CT molecular complexity index is 102. The fraction of sp³-hybridized carbons (Fsp3) is 1.00. The Kier molecular flexibility index (Phi) is 5.06. The Hall–Kier alpha value is 0.210. The molecule has 0 aromatic rings. The zero-order chi connectivity index (χ0) is 7.45. The number of halogens is 1. The van der Waals surface area contributed by atoms with Crippen LogP contribution >= 0.6 is 12.4 Å². The van der Waals surface area contributed by atoms with Gasteiger partial charge in [-0.25, -0.2) is 0 Å². The highest BCUT2D eigenvalue weighted by Gasteiger charge is 2.29. The van der Waals surface area contributed by atoms with Crippen LogP contribution in [-0.2, 0) is 0 Å². The van der Waals surface area contributed by atoms with Gasteiger partial charge in [0.05, 0.1) is 5.60 Å². The van der Waals surface area contributed by atoms with Gasteiger partial charge in [0.15, 0.2) is 0 Å². The van der Waals surface area contributed by atoms with E-state index in [0.717, 1.165) is 25.8 Å². The molecule has 2 N–H and O–H groups in total. The summed E-state index contributed by atoms with van der Waals surface area (Å²) >= 11 is 0. The molecule has 0 saturated heterocycles. The molecular weight excluding hydrogens is 162 g/mol. The molecule has 0 amide bonds. The molecule has 0 unspecified atom stereocenters. The van der Waals surface area contributed by atoms with Gasteiger partial charge in [-0.1, -0.05) is 12.8 Å². The molecule has 0 aromatic carbocycles. The van der Waals surface area contributed by atoms with Crippen molar-refractivity contribution in [3.8, 4) is 0 Å². The van der Waals surface area contributed by atoms with Crippen LogP contribution in [0, 0.1) is 0 Å². The fourth-order valence-corrected chi connectivity index (χ4v) is 1.64. The number of hydrogen-bond acceptors (Lipinski definition) is 2. The monoisotopic (exact) mass is 179 g/mol. The molecule has 2 nitrogen and oxygen atoms in total. The SMILES string of the molecule is CNCCC1(O)CCCC1.Cl. The highest BCUT2D eigenvalue weighted by atomic mass is 35.5. The molecule has 1 rings (SSSR count). The Morgan fingerprint density at radius 3 is 2.36 bits per heavy atom. The lowest BCUT2D eigenvalue weighted by atomic mass is 9.98. The maximum atomic E-state index is 9.78. The molecule has 1 aliphatic carbocycles. The van der Waals surface area contributed by atoms with E-state index in [1.54, 1.807) is 0 Å². The maximum absolute atomic E-state index is 9.78. The van der Waals surface area contributed by atoms with Gasteiger partial charge in [-0.05, 0) is 32.9 Å². The third-order valence-corrected chi connectivity index (χ3v) is 2.37. The van der Waals surface area contributed by atoms with E-state index in [-0.39, 0.29) is 18.0 Å². The summed E-state index contributed by atoms with van der Waals surface area (Å²) in [6.45, 7) is 0.941. The third-order valence-electron chi connectivity index (χ3n) is 2.37. The average Bonchev–Trinajstić information content (AvgIpc) is 2.33. The number of aliphatic hydroxyl groups is 1. The van der Waals surface area contributed by atoms with E-state index >= 15 is 0 Å². The van der Waals surface area contributed by atoms with Crippen LogP contribution in [0.25, 0.3) is 0 Å². The molecule has 0 spiro atoms. The van der Waals surface area contributed by atoms with Gasteiger partial charge in [0.25, 0.3) is 0 Å². The molecule has 0 aliphatic heterocycles. The largest absolute Gasteiger partial charge is 0.390 e. The Morgan fingerprint density at radius 1 is 1.36 bits per heavy atom. The lowest BCUT2D eigenvalue weighted by Crippen LogP contribution is -2.28. The number of hydrogen-bond donors (Lipinski definition) is 2. The number of rotatable bonds is 3. The van der Waals surface area contributed by atoms with Crippen LogP contribution in [0.1, 0.15) is 32.1 Å². The summed E-state index contributed by atoms with van der Waals surface area (Å²) in [4.78, 5) is 0. The second-order valence-electron chi connectivity index (χ2n) is 3.29. The minimum atomic E-state index is -0.316. The average molecular weight is 180 g/mol. The van der Waals surface area contributed by atoms with Gasteiger partial charge in [-0.2, -0.15) is 0 Å². The Balaban J connectivity index is 0.000001000. The van der Waals surface area contributed by atoms with Crippen molar-refractivity contribution in [3.63, 3.8) is 0 Å². The van der Waals surface area contributed by atoms with Gasteiger partial charge in [0, 0.05) is 0 Å². The smallest absolute Gasteiger partial charge is 0.0659 e. The third kappa shape index (κ3) is 3.41. The van der Waals surface area contributed by atoms with E-state index in [0.29, 0.717) is 0 Å². The Labute approximate surface area is 74.8 Å². The molecule has 1 aliphatic rings. The summed E-state index contributed by atoms with van der Waals surface area (Å²) < 4.78 is 0. The van der Waals surface area contributed by atoms with Gasteiger partial charge in [-0.3, -0.25) is 0 Å². The van der Waals surface area contributed by atoms with Crippen molar-refractivity contribution in [2.75, 3.05) is 13.6 Å². The van der Waals surface area contributed by atoms with E-state index in [9.17, 15) is 5.11 Å². The summed E-state index contributed by atoms with van der Waals surface area (Å²) in [5, 5.41) is 12.8. The molecule has 68 valence electrons. The second-order valence-corrected chi connectivity index (χ2v) is 3.29. The molecule has 0 bridgehead atoms. The molecule has 1 fully saturated rings. The first-order chi connectivity index (χ1) is 4.77. The summed E-state index contributed by atoms with van der Waals surface area (Å²) in [7, 11) is 1.93. The van der Waals surface area contributed by atoms with Crippen molar-refractivity contribution < 1.29 is 5.11 Å². The minimum absolute atomic E-state index is 0. The molecule has 11 heavy (non-hydrogen) atoms. The molecule has 0 heterocycles. The zero-order valence-corrected chi connectivity index (χ0v) is 7.91.